The minimum atomic E-state index is -0.303. The molecule has 2 aliphatic rings. The highest BCUT2D eigenvalue weighted by atomic mass is 16.3. The topological polar surface area (TPSA) is 52.6 Å². The number of nitrogens with one attached hydrogen (secondary N) is 1. The number of nitrogens with zero attached hydrogens (tertiary/aromatic N) is 1. The van der Waals surface area contributed by atoms with Crippen molar-refractivity contribution < 1.29 is 9.90 Å². The Bertz CT molecular complexity index is 245. The number of amides is 1. The Morgan fingerprint density at radius 3 is 2.87 bits per heavy atom. The number of hydrogen-bond donors (Lipinski definition) is 2. The Morgan fingerprint density at radius 1 is 1.47 bits per heavy atom. The number of hydrogen-bond acceptors (Lipinski definition) is 3. The van der Waals surface area contributed by atoms with Gasteiger partial charge in [-0.05, 0) is 25.3 Å². The minimum Gasteiger partial charge on any atom is -0.391 e. The molecule has 4 heteroatoms. The van der Waals surface area contributed by atoms with Crippen molar-refractivity contribution in [3.63, 3.8) is 0 Å². The average Bonchev–Trinajstić information content (AvgIpc) is 2.64. The van der Waals surface area contributed by atoms with Gasteiger partial charge in [-0.3, -0.25) is 4.79 Å². The van der Waals surface area contributed by atoms with Gasteiger partial charge in [0, 0.05) is 19.6 Å². The first-order valence-corrected chi connectivity index (χ1v) is 5.84. The Hall–Kier alpha value is -0.610. The van der Waals surface area contributed by atoms with Crippen LogP contribution in [0.4, 0.5) is 0 Å². The molecule has 2 rings (SSSR count). The van der Waals surface area contributed by atoms with Crippen LogP contribution in [0, 0.1) is 11.8 Å². The molecule has 2 fully saturated rings. The van der Waals surface area contributed by atoms with Crippen LogP contribution in [0.25, 0.3) is 0 Å². The zero-order valence-corrected chi connectivity index (χ0v) is 9.28. The summed E-state index contributed by atoms with van der Waals surface area (Å²) in [4.78, 5) is 13.9. The van der Waals surface area contributed by atoms with Gasteiger partial charge in [-0.25, -0.2) is 0 Å². The summed E-state index contributed by atoms with van der Waals surface area (Å²) in [7, 11) is 0. The van der Waals surface area contributed by atoms with Crippen molar-refractivity contribution in [1.82, 2.24) is 10.2 Å². The Labute approximate surface area is 90.6 Å². The number of aliphatic hydroxyl groups is 1. The molecule has 2 saturated heterocycles. The van der Waals surface area contributed by atoms with Crippen LogP contribution in [0.2, 0.25) is 0 Å². The largest absolute Gasteiger partial charge is 0.391 e. The molecule has 2 N–H and O–H groups in total. The first-order chi connectivity index (χ1) is 7.16. The number of aliphatic hydroxyl groups excluding tert-OH is 1. The maximum Gasteiger partial charge on any atom is 0.227 e. The third-order valence-corrected chi connectivity index (χ3v) is 3.39. The van der Waals surface area contributed by atoms with Crippen molar-refractivity contribution in [2.24, 2.45) is 11.8 Å². The van der Waals surface area contributed by atoms with Gasteiger partial charge in [0.25, 0.3) is 0 Å². The monoisotopic (exact) mass is 212 g/mol. The van der Waals surface area contributed by atoms with Gasteiger partial charge < -0.3 is 15.3 Å². The van der Waals surface area contributed by atoms with Crippen LogP contribution in [0.5, 0.6) is 0 Å². The van der Waals surface area contributed by atoms with Crippen molar-refractivity contribution in [2.45, 2.75) is 25.9 Å². The molecule has 0 aliphatic carbocycles. The quantitative estimate of drug-likeness (QED) is 0.634. The smallest absolute Gasteiger partial charge is 0.227 e. The molecule has 0 aromatic heterocycles. The van der Waals surface area contributed by atoms with Crippen LogP contribution in [-0.2, 0) is 4.79 Å². The van der Waals surface area contributed by atoms with Crippen LogP contribution in [0.15, 0.2) is 0 Å². The summed E-state index contributed by atoms with van der Waals surface area (Å²) in [6.45, 7) is 5.25. The predicted octanol–water partition coefficient (Wildman–Crippen LogP) is -0.175. The molecule has 15 heavy (non-hydrogen) atoms. The molecule has 0 aromatic carbocycles. The molecule has 2 aliphatic heterocycles. The van der Waals surface area contributed by atoms with Crippen LogP contribution in [0.1, 0.15) is 19.8 Å². The Balaban J connectivity index is 1.89. The van der Waals surface area contributed by atoms with E-state index in [-0.39, 0.29) is 17.9 Å². The first-order valence-electron chi connectivity index (χ1n) is 5.84. The fourth-order valence-electron chi connectivity index (χ4n) is 2.54. The third kappa shape index (κ3) is 2.49. The van der Waals surface area contributed by atoms with E-state index in [1.165, 1.54) is 0 Å². The van der Waals surface area contributed by atoms with Gasteiger partial charge in [-0.2, -0.15) is 0 Å². The summed E-state index contributed by atoms with van der Waals surface area (Å²) in [5.74, 6) is 0.935. The maximum absolute atomic E-state index is 12.1. The molecule has 0 bridgehead atoms. The molecule has 2 heterocycles. The molecule has 86 valence electrons. The second kappa shape index (κ2) is 4.49. The van der Waals surface area contributed by atoms with Crippen molar-refractivity contribution >= 4 is 5.91 Å². The van der Waals surface area contributed by atoms with Gasteiger partial charge in [-0.15, -0.1) is 0 Å². The number of rotatable bonds is 1. The Kier molecular flexibility index (Phi) is 3.26. The van der Waals surface area contributed by atoms with Gasteiger partial charge in [0.05, 0.1) is 12.0 Å². The highest BCUT2D eigenvalue weighted by Crippen LogP contribution is 2.20. The lowest BCUT2D eigenvalue weighted by molar-refractivity contribution is -0.135. The zero-order valence-electron chi connectivity index (χ0n) is 9.28. The van der Waals surface area contributed by atoms with E-state index in [4.69, 9.17) is 0 Å². The number of piperidine rings is 1. The lowest BCUT2D eigenvalue weighted by Crippen LogP contribution is -2.44. The predicted molar refractivity (Wildman–Crippen MR) is 57.3 cm³/mol. The number of likely N-dealkylation sites (tertiary alicyclic amines) is 1. The van der Waals surface area contributed by atoms with E-state index in [0.717, 1.165) is 32.5 Å². The Morgan fingerprint density at radius 2 is 2.27 bits per heavy atom. The second-order valence-corrected chi connectivity index (χ2v) is 4.92. The van der Waals surface area contributed by atoms with E-state index in [1.807, 2.05) is 4.90 Å². The van der Waals surface area contributed by atoms with E-state index in [1.54, 1.807) is 0 Å². The minimum absolute atomic E-state index is 0.124. The molecule has 0 spiro atoms. The summed E-state index contributed by atoms with van der Waals surface area (Å²) in [5, 5.41) is 12.7. The summed E-state index contributed by atoms with van der Waals surface area (Å²) in [5.41, 5.74) is 0. The molecule has 0 aromatic rings. The second-order valence-electron chi connectivity index (χ2n) is 4.92. The van der Waals surface area contributed by atoms with Crippen molar-refractivity contribution in [3.05, 3.63) is 0 Å². The molecule has 3 unspecified atom stereocenters. The molecule has 0 radical (unpaired) electrons. The van der Waals surface area contributed by atoms with Gasteiger partial charge in [0.1, 0.15) is 0 Å². The molecular weight excluding hydrogens is 192 g/mol. The highest BCUT2D eigenvalue weighted by Gasteiger charge is 2.32. The highest BCUT2D eigenvalue weighted by molar-refractivity contribution is 5.79. The van der Waals surface area contributed by atoms with E-state index >= 15 is 0 Å². The molecular formula is C11H20N2O2. The molecule has 0 saturated carbocycles. The third-order valence-electron chi connectivity index (χ3n) is 3.39. The van der Waals surface area contributed by atoms with Crippen molar-refractivity contribution in [1.29, 1.82) is 0 Å². The van der Waals surface area contributed by atoms with Crippen LogP contribution in [-0.4, -0.2) is 48.2 Å². The van der Waals surface area contributed by atoms with Gasteiger partial charge in [-0.1, -0.05) is 6.92 Å². The SMILES string of the molecule is CC1CNCC(C(=O)N2CCC(O)C2)C1. The maximum atomic E-state index is 12.1. The molecule has 4 nitrogen and oxygen atoms in total. The van der Waals surface area contributed by atoms with Gasteiger partial charge >= 0.3 is 0 Å². The summed E-state index contributed by atoms with van der Waals surface area (Å²) in [6.07, 6.45) is 1.42. The van der Waals surface area contributed by atoms with Crippen LogP contribution in [0.3, 0.4) is 0 Å². The fourth-order valence-corrected chi connectivity index (χ4v) is 2.54. The average molecular weight is 212 g/mol. The summed E-state index contributed by atoms with van der Waals surface area (Å²) in [6, 6.07) is 0. The van der Waals surface area contributed by atoms with E-state index < -0.39 is 0 Å². The standard InChI is InChI=1S/C11H20N2O2/c1-8-4-9(6-12-5-8)11(15)13-3-2-10(14)7-13/h8-10,12,14H,2-7H2,1H3. The summed E-state index contributed by atoms with van der Waals surface area (Å²) >= 11 is 0. The van der Waals surface area contributed by atoms with Gasteiger partial charge in [0.15, 0.2) is 0 Å². The van der Waals surface area contributed by atoms with Crippen molar-refractivity contribution in [2.75, 3.05) is 26.2 Å². The number of carbonyl (C=O) groups is 1. The van der Waals surface area contributed by atoms with E-state index in [0.29, 0.717) is 12.5 Å². The van der Waals surface area contributed by atoms with Gasteiger partial charge in [0.2, 0.25) is 5.91 Å². The van der Waals surface area contributed by atoms with E-state index in [2.05, 4.69) is 12.2 Å². The molecule has 1 amide bonds. The number of carbonyl (C=O) groups excluding carboxylic acids is 1. The lowest BCUT2D eigenvalue weighted by atomic mass is 9.91. The van der Waals surface area contributed by atoms with Crippen LogP contribution < -0.4 is 5.32 Å². The number of β-amino-alcohol motifs (C(OH)–C–C–N with tert-alkyl or cyclic N) is 1. The lowest BCUT2D eigenvalue weighted by Gasteiger charge is -2.30. The normalized spacial score (nSPS) is 36.9. The van der Waals surface area contributed by atoms with Crippen molar-refractivity contribution in [3.8, 4) is 0 Å². The first kappa shape index (κ1) is 10.9. The molecule has 3 atom stereocenters. The summed E-state index contributed by atoms with van der Waals surface area (Å²) < 4.78 is 0. The van der Waals surface area contributed by atoms with E-state index in [9.17, 15) is 9.90 Å². The zero-order chi connectivity index (χ0) is 10.8. The van der Waals surface area contributed by atoms with Crippen LogP contribution >= 0.6 is 0 Å². The fraction of sp³-hybridized carbons (Fsp3) is 0.909.